The zero-order valence-electron chi connectivity index (χ0n) is 22.4. The summed E-state index contributed by atoms with van der Waals surface area (Å²) in [7, 11) is 0. The summed E-state index contributed by atoms with van der Waals surface area (Å²) in [6.07, 6.45) is -1.21. The molecule has 0 spiro atoms. The van der Waals surface area contributed by atoms with Crippen molar-refractivity contribution in [3.63, 3.8) is 0 Å². The quantitative estimate of drug-likeness (QED) is 0.494. The molecule has 9 nitrogen and oxygen atoms in total. The molecule has 5 rings (SSSR count). The lowest BCUT2D eigenvalue weighted by molar-refractivity contribution is -0.142. The molecule has 3 aromatic rings. The van der Waals surface area contributed by atoms with E-state index in [4.69, 9.17) is 4.74 Å². The molecule has 2 heterocycles. The van der Waals surface area contributed by atoms with Gasteiger partial charge in [-0.1, -0.05) is 72.8 Å². The maximum Gasteiger partial charge on any atom is 0.411 e. The Balaban J connectivity index is 1.38. The van der Waals surface area contributed by atoms with Gasteiger partial charge in [-0.15, -0.1) is 0 Å². The van der Waals surface area contributed by atoms with Gasteiger partial charge in [0.15, 0.2) is 12.1 Å². The number of ether oxygens (including phenoxy) is 1. The summed E-state index contributed by atoms with van der Waals surface area (Å²) in [5.41, 5.74) is 2.94. The molecule has 3 aromatic carbocycles. The van der Waals surface area contributed by atoms with Crippen LogP contribution in [0.25, 0.3) is 0 Å². The number of nitrogens with zero attached hydrogens (tertiary/aromatic N) is 3. The Hall–Kier alpha value is -4.66. The molecule has 0 aromatic heterocycles. The molecule has 2 fully saturated rings. The third-order valence-corrected chi connectivity index (χ3v) is 7.28. The van der Waals surface area contributed by atoms with Crippen molar-refractivity contribution in [2.24, 2.45) is 0 Å². The number of hydrogen-bond donors (Lipinski definition) is 1. The molecular weight excluding hydrogens is 508 g/mol. The molecular formula is C31H32N4O5. The molecule has 40 heavy (non-hydrogen) atoms. The van der Waals surface area contributed by atoms with Gasteiger partial charge < -0.3 is 19.9 Å². The molecule has 0 radical (unpaired) electrons. The summed E-state index contributed by atoms with van der Waals surface area (Å²) in [6, 6.07) is 25.1. The average molecular weight is 541 g/mol. The van der Waals surface area contributed by atoms with Gasteiger partial charge in [0.2, 0.25) is 17.7 Å². The van der Waals surface area contributed by atoms with Crippen LogP contribution >= 0.6 is 0 Å². The van der Waals surface area contributed by atoms with Crippen LogP contribution in [-0.2, 0) is 32.1 Å². The maximum absolute atomic E-state index is 14.0. The predicted octanol–water partition coefficient (Wildman–Crippen LogP) is 3.62. The minimum Gasteiger partial charge on any atom is -0.438 e. The van der Waals surface area contributed by atoms with Crippen LogP contribution < -0.4 is 5.32 Å². The summed E-state index contributed by atoms with van der Waals surface area (Å²) < 4.78 is 5.83. The lowest BCUT2D eigenvalue weighted by Gasteiger charge is -2.37. The van der Waals surface area contributed by atoms with Crippen LogP contribution in [0.5, 0.6) is 0 Å². The fourth-order valence-electron chi connectivity index (χ4n) is 5.18. The first-order chi connectivity index (χ1) is 19.4. The summed E-state index contributed by atoms with van der Waals surface area (Å²) in [4.78, 5) is 56.5. The maximum atomic E-state index is 14.0. The molecule has 2 aliphatic heterocycles. The predicted molar refractivity (Wildman–Crippen MR) is 149 cm³/mol. The van der Waals surface area contributed by atoms with E-state index >= 15 is 0 Å². The van der Waals surface area contributed by atoms with Gasteiger partial charge in [-0.25, -0.2) is 4.79 Å². The topological polar surface area (TPSA) is 99.3 Å². The second kappa shape index (κ2) is 12.0. The lowest BCUT2D eigenvalue weighted by Crippen LogP contribution is -2.55. The Labute approximate surface area is 233 Å². The van der Waals surface area contributed by atoms with Crippen molar-refractivity contribution in [2.45, 2.75) is 32.0 Å². The fraction of sp³-hybridized carbons (Fsp3) is 0.290. The molecule has 2 atom stereocenters. The number of piperazine rings is 1. The van der Waals surface area contributed by atoms with Crippen molar-refractivity contribution in [3.8, 4) is 0 Å². The number of benzene rings is 3. The van der Waals surface area contributed by atoms with Crippen LogP contribution in [0.1, 0.15) is 29.7 Å². The van der Waals surface area contributed by atoms with Crippen molar-refractivity contribution in [1.82, 2.24) is 14.7 Å². The first kappa shape index (κ1) is 26.9. The minimum atomic E-state index is -0.896. The zero-order valence-corrected chi connectivity index (χ0v) is 22.4. The van der Waals surface area contributed by atoms with E-state index in [1.807, 2.05) is 60.7 Å². The Kier molecular flexibility index (Phi) is 8.10. The van der Waals surface area contributed by atoms with Gasteiger partial charge in [-0.3, -0.25) is 19.3 Å². The van der Waals surface area contributed by atoms with Gasteiger partial charge in [0.25, 0.3) is 0 Å². The molecule has 0 bridgehead atoms. The number of hydrogen-bond acceptors (Lipinski definition) is 5. The van der Waals surface area contributed by atoms with Crippen LogP contribution in [0.2, 0.25) is 0 Å². The normalized spacial score (nSPS) is 18.8. The van der Waals surface area contributed by atoms with Gasteiger partial charge >= 0.3 is 6.09 Å². The van der Waals surface area contributed by atoms with Gasteiger partial charge in [-0.05, 0) is 28.8 Å². The smallest absolute Gasteiger partial charge is 0.411 e. The highest BCUT2D eigenvalue weighted by atomic mass is 16.6. The van der Waals surface area contributed by atoms with Crippen molar-refractivity contribution in [1.29, 1.82) is 0 Å². The molecule has 1 N–H and O–H groups in total. The van der Waals surface area contributed by atoms with Gasteiger partial charge in [0, 0.05) is 38.8 Å². The average Bonchev–Trinajstić information content (AvgIpc) is 3.29. The van der Waals surface area contributed by atoms with Gasteiger partial charge in [-0.2, -0.15) is 0 Å². The zero-order chi connectivity index (χ0) is 28.1. The molecule has 2 aliphatic rings. The van der Waals surface area contributed by atoms with E-state index in [1.165, 1.54) is 11.8 Å². The van der Waals surface area contributed by atoms with Crippen LogP contribution in [-0.4, -0.2) is 70.7 Å². The second-order valence-corrected chi connectivity index (χ2v) is 10.0. The molecule has 206 valence electrons. The Morgan fingerprint density at radius 1 is 0.825 bits per heavy atom. The SMILES string of the molecule is CC(=O)N1CCN(C(=O)C2C(c3cccc(NC(=O)Cc4ccccc4)c3)OC(=O)N2Cc2ccccc2)CC1. The van der Waals surface area contributed by atoms with E-state index in [-0.39, 0.29) is 30.7 Å². The Bertz CT molecular complexity index is 1370. The molecule has 2 unspecified atom stereocenters. The Morgan fingerprint density at radius 2 is 1.45 bits per heavy atom. The van der Waals surface area contributed by atoms with E-state index in [2.05, 4.69) is 5.32 Å². The van der Waals surface area contributed by atoms with E-state index in [9.17, 15) is 19.2 Å². The highest BCUT2D eigenvalue weighted by Gasteiger charge is 2.48. The third-order valence-electron chi connectivity index (χ3n) is 7.28. The molecule has 2 saturated heterocycles. The number of rotatable bonds is 7. The van der Waals surface area contributed by atoms with Gasteiger partial charge in [0.1, 0.15) is 0 Å². The number of cyclic esters (lactones) is 1. The summed E-state index contributed by atoms with van der Waals surface area (Å²) in [5, 5.41) is 2.91. The molecule has 0 saturated carbocycles. The van der Waals surface area contributed by atoms with Crippen LogP contribution in [0.4, 0.5) is 10.5 Å². The third kappa shape index (κ3) is 6.14. The van der Waals surface area contributed by atoms with Crippen molar-refractivity contribution in [3.05, 3.63) is 102 Å². The van der Waals surface area contributed by atoms with E-state index in [1.54, 1.807) is 34.1 Å². The van der Waals surface area contributed by atoms with Crippen molar-refractivity contribution >= 4 is 29.5 Å². The Morgan fingerprint density at radius 3 is 2.10 bits per heavy atom. The fourth-order valence-corrected chi connectivity index (χ4v) is 5.18. The van der Waals surface area contributed by atoms with Crippen LogP contribution in [0, 0.1) is 0 Å². The largest absolute Gasteiger partial charge is 0.438 e. The summed E-state index contributed by atoms with van der Waals surface area (Å²) in [5.74, 6) is -0.428. The number of amides is 4. The lowest BCUT2D eigenvalue weighted by atomic mass is 9.99. The number of carbonyl (C=O) groups is 4. The van der Waals surface area contributed by atoms with E-state index in [0.29, 0.717) is 37.4 Å². The van der Waals surface area contributed by atoms with Crippen molar-refractivity contribution < 1.29 is 23.9 Å². The van der Waals surface area contributed by atoms with Crippen LogP contribution in [0.15, 0.2) is 84.9 Å². The standard InChI is InChI=1S/C31H32N4O5/c1-22(36)33-15-17-34(18-16-33)30(38)28-29(40-31(39)35(28)21-24-11-6-3-7-12-24)25-13-8-14-26(20-25)32-27(37)19-23-9-4-2-5-10-23/h2-14,20,28-29H,15-19,21H2,1H3,(H,32,37). The van der Waals surface area contributed by atoms with E-state index < -0.39 is 18.2 Å². The van der Waals surface area contributed by atoms with Crippen molar-refractivity contribution in [2.75, 3.05) is 31.5 Å². The number of anilines is 1. The highest BCUT2D eigenvalue weighted by molar-refractivity contribution is 5.93. The van der Waals surface area contributed by atoms with Gasteiger partial charge in [0.05, 0.1) is 13.0 Å². The second-order valence-electron chi connectivity index (χ2n) is 10.0. The van der Waals surface area contributed by atoms with E-state index in [0.717, 1.165) is 11.1 Å². The molecule has 4 amide bonds. The molecule has 9 heteroatoms. The summed E-state index contributed by atoms with van der Waals surface area (Å²) >= 11 is 0. The first-order valence-electron chi connectivity index (χ1n) is 13.4. The monoisotopic (exact) mass is 540 g/mol. The number of carbonyl (C=O) groups excluding carboxylic acids is 4. The first-order valence-corrected chi connectivity index (χ1v) is 13.4. The van der Waals surface area contributed by atoms with Crippen LogP contribution in [0.3, 0.4) is 0 Å². The number of nitrogens with one attached hydrogen (secondary N) is 1. The summed E-state index contributed by atoms with van der Waals surface area (Å²) in [6.45, 7) is 3.37. The highest BCUT2D eigenvalue weighted by Crippen LogP contribution is 2.36. The molecule has 0 aliphatic carbocycles. The minimum absolute atomic E-state index is 0.0267.